The molecule has 0 atom stereocenters. The number of halogens is 4. The van der Waals surface area contributed by atoms with Gasteiger partial charge in [0.2, 0.25) is 0 Å². The van der Waals surface area contributed by atoms with Crippen LogP contribution in [0.1, 0.15) is 16.1 Å². The van der Waals surface area contributed by atoms with Gasteiger partial charge in [-0.05, 0) is 42.5 Å². The van der Waals surface area contributed by atoms with Crippen molar-refractivity contribution >= 4 is 34.9 Å². The summed E-state index contributed by atoms with van der Waals surface area (Å²) < 4.78 is 45.4. The minimum absolute atomic E-state index is 0.116. The number of alkyl halides is 3. The number of hydrogen-bond donors (Lipinski definition) is 3. The third-order valence-corrected chi connectivity index (χ3v) is 4.47. The van der Waals surface area contributed by atoms with Crippen LogP contribution in [0.3, 0.4) is 0 Å². The molecule has 3 aromatic rings. The lowest BCUT2D eigenvalue weighted by Crippen LogP contribution is -2.37. The highest BCUT2D eigenvalue weighted by Crippen LogP contribution is 2.36. The maximum absolute atomic E-state index is 13.2. The summed E-state index contributed by atoms with van der Waals surface area (Å²) in [7, 11) is 1.38. The van der Waals surface area contributed by atoms with Gasteiger partial charge in [-0.2, -0.15) is 17.9 Å². The van der Waals surface area contributed by atoms with Crippen LogP contribution < -0.4 is 25.4 Å². The van der Waals surface area contributed by atoms with E-state index in [1.807, 2.05) is 0 Å². The van der Waals surface area contributed by atoms with Crippen LogP contribution >= 0.6 is 11.6 Å². The van der Waals surface area contributed by atoms with Crippen LogP contribution in [0.5, 0.6) is 11.5 Å². The summed E-state index contributed by atoms with van der Waals surface area (Å²) in [5, 5.41) is 18.5. The number of nitrogens with zero attached hydrogens (tertiary/aromatic N) is 1. The molecule has 0 aliphatic heterocycles. The summed E-state index contributed by atoms with van der Waals surface area (Å²) in [5.74, 6) is -0.0403. The molecule has 0 aliphatic rings. The second-order valence-corrected chi connectivity index (χ2v) is 6.98. The molecule has 0 saturated carbocycles. The Morgan fingerprint density at radius 2 is 1.70 bits per heavy atom. The highest BCUT2D eigenvalue weighted by atomic mass is 35.5. The lowest BCUT2D eigenvalue weighted by atomic mass is 10.1. The first-order valence-electron chi connectivity index (χ1n) is 9.25. The standard InChI is InChI=1S/C21H16ClF3N4O4/c1-26-19(30)18-11-15(8-9-29(18)32)33-14-5-3-13(4-6-14)27-20(31)28-17-7-2-12(22)10-16(17)21(23,24)25/h2-11H,1H3,(H,26,30)(H2,27,28,31). The molecule has 33 heavy (non-hydrogen) atoms. The Bertz CT molecular complexity index is 1190. The summed E-state index contributed by atoms with van der Waals surface area (Å²) in [6, 6.07) is 10.6. The molecule has 0 fully saturated rings. The van der Waals surface area contributed by atoms with Gasteiger partial charge in [0, 0.05) is 23.8 Å². The molecule has 3 N–H and O–H groups in total. The smallest absolute Gasteiger partial charge is 0.418 e. The first kappa shape index (κ1) is 23.7. The lowest BCUT2D eigenvalue weighted by Gasteiger charge is -2.15. The van der Waals surface area contributed by atoms with Gasteiger partial charge in [-0.3, -0.25) is 4.79 Å². The van der Waals surface area contributed by atoms with Crippen LogP contribution in [0.2, 0.25) is 5.02 Å². The van der Waals surface area contributed by atoms with Gasteiger partial charge in [-0.25, -0.2) is 4.79 Å². The average molecular weight is 481 g/mol. The van der Waals surface area contributed by atoms with E-state index in [1.54, 1.807) is 0 Å². The molecule has 0 saturated heterocycles. The minimum Gasteiger partial charge on any atom is -0.618 e. The van der Waals surface area contributed by atoms with Gasteiger partial charge in [0.15, 0.2) is 6.20 Å². The van der Waals surface area contributed by atoms with Gasteiger partial charge in [-0.15, -0.1) is 0 Å². The van der Waals surface area contributed by atoms with E-state index < -0.39 is 29.4 Å². The predicted molar refractivity (Wildman–Crippen MR) is 114 cm³/mol. The Morgan fingerprint density at radius 1 is 1.00 bits per heavy atom. The number of urea groups is 1. The molecule has 0 unspecified atom stereocenters. The highest BCUT2D eigenvalue weighted by molar-refractivity contribution is 6.30. The Morgan fingerprint density at radius 3 is 2.33 bits per heavy atom. The molecule has 0 bridgehead atoms. The second kappa shape index (κ2) is 9.65. The largest absolute Gasteiger partial charge is 0.618 e. The van der Waals surface area contributed by atoms with Crippen molar-refractivity contribution in [3.05, 3.63) is 82.3 Å². The SMILES string of the molecule is CNC(=O)c1cc(Oc2ccc(NC(=O)Nc3ccc(Cl)cc3C(F)(F)F)cc2)cc[n+]1[O-]. The molecule has 1 heterocycles. The molecule has 3 amide bonds. The van der Waals surface area contributed by atoms with E-state index in [-0.39, 0.29) is 22.2 Å². The van der Waals surface area contributed by atoms with E-state index in [4.69, 9.17) is 16.3 Å². The van der Waals surface area contributed by atoms with Crippen molar-refractivity contribution in [3.63, 3.8) is 0 Å². The van der Waals surface area contributed by atoms with Crippen molar-refractivity contribution < 1.29 is 32.2 Å². The zero-order chi connectivity index (χ0) is 24.2. The number of rotatable bonds is 5. The fourth-order valence-corrected chi connectivity index (χ4v) is 2.88. The monoisotopic (exact) mass is 480 g/mol. The summed E-state index contributed by atoms with van der Waals surface area (Å²) in [4.78, 5) is 23.9. The van der Waals surface area contributed by atoms with Gasteiger partial charge < -0.3 is 25.9 Å². The van der Waals surface area contributed by atoms with Crippen molar-refractivity contribution in [2.75, 3.05) is 17.7 Å². The fourth-order valence-electron chi connectivity index (χ4n) is 2.71. The normalized spacial score (nSPS) is 10.9. The van der Waals surface area contributed by atoms with Crippen molar-refractivity contribution in [2.45, 2.75) is 6.18 Å². The maximum atomic E-state index is 13.2. The molecule has 2 aromatic carbocycles. The van der Waals surface area contributed by atoms with Crippen molar-refractivity contribution in [2.24, 2.45) is 0 Å². The molecule has 12 heteroatoms. The van der Waals surface area contributed by atoms with Gasteiger partial charge in [0.1, 0.15) is 11.5 Å². The van der Waals surface area contributed by atoms with Crippen molar-refractivity contribution in [1.82, 2.24) is 5.32 Å². The van der Waals surface area contributed by atoms with Crippen LogP contribution in [0.25, 0.3) is 0 Å². The number of carbonyl (C=O) groups excluding carboxylic acids is 2. The first-order valence-corrected chi connectivity index (χ1v) is 9.62. The van der Waals surface area contributed by atoms with Gasteiger partial charge in [0.25, 0.3) is 5.69 Å². The molecular weight excluding hydrogens is 465 g/mol. The fraction of sp³-hybridized carbons (Fsp3) is 0.0952. The Hall–Kier alpha value is -3.99. The van der Waals surface area contributed by atoms with E-state index >= 15 is 0 Å². The highest BCUT2D eigenvalue weighted by Gasteiger charge is 2.34. The molecule has 1 aromatic heterocycles. The molecule has 0 spiro atoms. The van der Waals surface area contributed by atoms with E-state index in [9.17, 15) is 28.0 Å². The molecule has 0 radical (unpaired) electrons. The summed E-state index contributed by atoms with van der Waals surface area (Å²) in [6.07, 6.45) is -3.58. The Balaban J connectivity index is 1.67. The molecule has 3 rings (SSSR count). The van der Waals surface area contributed by atoms with Crippen LogP contribution in [0.15, 0.2) is 60.8 Å². The topological polar surface area (TPSA) is 106 Å². The number of aromatic nitrogens is 1. The number of carbonyl (C=O) groups is 2. The molecule has 172 valence electrons. The average Bonchev–Trinajstić information content (AvgIpc) is 2.76. The van der Waals surface area contributed by atoms with E-state index in [0.29, 0.717) is 10.5 Å². The second-order valence-electron chi connectivity index (χ2n) is 6.55. The van der Waals surface area contributed by atoms with Gasteiger partial charge in [0.05, 0.1) is 17.3 Å². The maximum Gasteiger partial charge on any atom is 0.418 e. The molecule has 0 aliphatic carbocycles. The summed E-state index contributed by atoms with van der Waals surface area (Å²) >= 11 is 5.62. The zero-order valence-corrected chi connectivity index (χ0v) is 17.6. The predicted octanol–water partition coefficient (Wildman–Crippen LogP) is 4.79. The van der Waals surface area contributed by atoms with Crippen LogP contribution in [0, 0.1) is 5.21 Å². The van der Waals surface area contributed by atoms with E-state index in [2.05, 4.69) is 16.0 Å². The van der Waals surface area contributed by atoms with Gasteiger partial charge in [-0.1, -0.05) is 11.6 Å². The van der Waals surface area contributed by atoms with E-state index in [1.165, 1.54) is 49.5 Å². The van der Waals surface area contributed by atoms with Crippen LogP contribution in [-0.2, 0) is 6.18 Å². The van der Waals surface area contributed by atoms with Crippen LogP contribution in [-0.4, -0.2) is 19.0 Å². The number of ether oxygens (including phenoxy) is 1. The van der Waals surface area contributed by atoms with Crippen molar-refractivity contribution in [1.29, 1.82) is 0 Å². The summed E-state index contributed by atoms with van der Waals surface area (Å²) in [6.45, 7) is 0. The van der Waals surface area contributed by atoms with E-state index in [0.717, 1.165) is 18.3 Å². The minimum atomic E-state index is -4.70. The number of hydrogen-bond acceptors (Lipinski definition) is 4. The first-order chi connectivity index (χ1) is 15.6. The number of anilines is 2. The number of nitrogens with one attached hydrogen (secondary N) is 3. The Kier molecular flexibility index (Phi) is 6.92. The zero-order valence-electron chi connectivity index (χ0n) is 16.9. The quantitative estimate of drug-likeness (QED) is 0.360. The van der Waals surface area contributed by atoms with Gasteiger partial charge >= 0.3 is 18.1 Å². The number of amides is 3. The third kappa shape index (κ3) is 6.04. The Labute approximate surface area is 190 Å². The summed E-state index contributed by atoms with van der Waals surface area (Å²) in [5.41, 5.74) is -1.41. The number of pyridine rings is 1. The number of benzene rings is 2. The molecule has 8 nitrogen and oxygen atoms in total. The molecular formula is C21H16ClF3N4O4. The van der Waals surface area contributed by atoms with Crippen LogP contribution in [0.4, 0.5) is 29.3 Å². The lowest BCUT2D eigenvalue weighted by molar-refractivity contribution is -0.607. The third-order valence-electron chi connectivity index (χ3n) is 4.23. The van der Waals surface area contributed by atoms with Crippen molar-refractivity contribution in [3.8, 4) is 11.5 Å².